The van der Waals surface area contributed by atoms with Crippen LogP contribution in [-0.2, 0) is 0 Å². The highest BCUT2D eigenvalue weighted by Crippen LogP contribution is 2.14. The highest BCUT2D eigenvalue weighted by molar-refractivity contribution is 5.35. The summed E-state index contributed by atoms with van der Waals surface area (Å²) in [5, 5.41) is 2.43. The summed E-state index contributed by atoms with van der Waals surface area (Å²) < 4.78 is 14.9. The topological polar surface area (TPSA) is 50.7 Å². The molecular formula is C10H10FN3O. The van der Waals surface area contributed by atoms with Gasteiger partial charge < -0.3 is 0 Å². The van der Waals surface area contributed by atoms with Crippen LogP contribution in [0.3, 0.4) is 0 Å². The predicted octanol–water partition coefficient (Wildman–Crippen LogP) is 1.32. The summed E-state index contributed by atoms with van der Waals surface area (Å²) >= 11 is 0. The second-order valence-corrected chi connectivity index (χ2v) is 3.37. The van der Waals surface area contributed by atoms with E-state index in [1.165, 1.54) is 10.7 Å². The van der Waals surface area contributed by atoms with Crippen molar-refractivity contribution in [1.29, 1.82) is 0 Å². The molecule has 1 aromatic carbocycles. The fourth-order valence-electron chi connectivity index (χ4n) is 1.43. The molecule has 15 heavy (non-hydrogen) atoms. The van der Waals surface area contributed by atoms with Crippen LogP contribution in [0.5, 0.6) is 0 Å². The lowest BCUT2D eigenvalue weighted by Crippen LogP contribution is -2.06. The largest absolute Gasteiger partial charge is 0.361 e. The molecule has 5 heteroatoms. The van der Waals surface area contributed by atoms with Gasteiger partial charge in [0.25, 0.3) is 0 Å². The van der Waals surface area contributed by atoms with Crippen molar-refractivity contribution in [2.75, 3.05) is 0 Å². The smallest absolute Gasteiger partial charge is 0.244 e. The lowest BCUT2D eigenvalue weighted by atomic mass is 10.2. The molecule has 0 unspecified atom stereocenters. The van der Waals surface area contributed by atoms with Crippen molar-refractivity contribution in [2.24, 2.45) is 0 Å². The van der Waals surface area contributed by atoms with Gasteiger partial charge in [-0.1, -0.05) is 6.07 Å². The molecule has 0 saturated heterocycles. The molecule has 2 rings (SSSR count). The van der Waals surface area contributed by atoms with Crippen LogP contribution in [0.1, 0.15) is 11.4 Å². The Morgan fingerprint density at radius 3 is 2.67 bits per heavy atom. The normalized spacial score (nSPS) is 10.6. The number of nitrogens with one attached hydrogen (secondary N) is 1. The van der Waals surface area contributed by atoms with Crippen LogP contribution < -0.4 is 5.69 Å². The van der Waals surface area contributed by atoms with Gasteiger partial charge in [-0.25, -0.2) is 19.0 Å². The van der Waals surface area contributed by atoms with Gasteiger partial charge in [0.2, 0.25) is 0 Å². The number of rotatable bonds is 1. The third-order valence-electron chi connectivity index (χ3n) is 2.14. The fraction of sp³-hybridized carbons (Fsp3) is 0.200. The van der Waals surface area contributed by atoms with Crippen molar-refractivity contribution in [3.63, 3.8) is 0 Å². The Morgan fingerprint density at radius 1 is 1.40 bits per heavy atom. The van der Waals surface area contributed by atoms with Crippen molar-refractivity contribution in [2.45, 2.75) is 13.8 Å². The first kappa shape index (κ1) is 9.64. The molecule has 78 valence electrons. The minimum atomic E-state index is -0.479. The molecule has 1 N–H and O–H groups in total. The molecule has 0 saturated carbocycles. The number of nitrogens with zero attached hydrogens (tertiary/aromatic N) is 2. The highest BCUT2D eigenvalue weighted by atomic mass is 19.1. The van der Waals surface area contributed by atoms with Crippen molar-refractivity contribution in [3.8, 4) is 5.69 Å². The molecule has 0 bridgehead atoms. The van der Waals surface area contributed by atoms with Gasteiger partial charge >= 0.3 is 5.69 Å². The number of hydrogen-bond donors (Lipinski definition) is 1. The lowest BCUT2D eigenvalue weighted by Gasteiger charge is -2.05. The van der Waals surface area contributed by atoms with Crippen molar-refractivity contribution in [1.82, 2.24) is 14.8 Å². The quantitative estimate of drug-likeness (QED) is 0.766. The number of halogens is 1. The maximum Gasteiger partial charge on any atom is 0.361 e. The Labute approximate surface area is 85.4 Å². The molecule has 0 aliphatic heterocycles. The molecular weight excluding hydrogens is 197 g/mol. The molecule has 0 fully saturated rings. The monoisotopic (exact) mass is 207 g/mol. The Kier molecular flexibility index (Phi) is 2.15. The lowest BCUT2D eigenvalue weighted by molar-refractivity contribution is 0.606. The van der Waals surface area contributed by atoms with Gasteiger partial charge in [0.1, 0.15) is 17.3 Å². The van der Waals surface area contributed by atoms with E-state index in [9.17, 15) is 9.18 Å². The van der Waals surface area contributed by atoms with E-state index in [0.717, 1.165) is 5.56 Å². The van der Waals surface area contributed by atoms with E-state index in [-0.39, 0.29) is 5.82 Å². The summed E-state index contributed by atoms with van der Waals surface area (Å²) in [5.41, 5.74) is 0.650. The van der Waals surface area contributed by atoms with E-state index < -0.39 is 5.69 Å². The van der Waals surface area contributed by atoms with Crippen molar-refractivity contribution < 1.29 is 4.39 Å². The minimum Gasteiger partial charge on any atom is -0.244 e. The number of hydrogen-bond acceptors (Lipinski definition) is 2. The average molecular weight is 207 g/mol. The molecule has 0 spiro atoms. The average Bonchev–Trinajstić information content (AvgIpc) is 2.45. The van der Waals surface area contributed by atoms with Crippen molar-refractivity contribution in [3.05, 3.63) is 45.9 Å². The highest BCUT2D eigenvalue weighted by Gasteiger charge is 2.08. The van der Waals surface area contributed by atoms with Crippen LogP contribution in [0.15, 0.2) is 23.0 Å². The van der Waals surface area contributed by atoms with Crippen LogP contribution >= 0.6 is 0 Å². The number of benzene rings is 1. The van der Waals surface area contributed by atoms with E-state index in [1.807, 2.05) is 0 Å². The zero-order valence-electron chi connectivity index (χ0n) is 8.41. The summed E-state index contributed by atoms with van der Waals surface area (Å²) in [6.07, 6.45) is 0. The summed E-state index contributed by atoms with van der Waals surface area (Å²) in [5.74, 6) is 0.0505. The Hall–Kier alpha value is -1.91. The molecule has 0 aliphatic carbocycles. The maximum absolute atomic E-state index is 13.6. The van der Waals surface area contributed by atoms with E-state index in [0.29, 0.717) is 11.5 Å². The number of aromatic amines is 1. The Morgan fingerprint density at radius 2 is 2.13 bits per heavy atom. The van der Waals surface area contributed by atoms with Gasteiger partial charge in [-0.15, -0.1) is 0 Å². The van der Waals surface area contributed by atoms with Gasteiger partial charge in [0.05, 0.1) is 0 Å². The van der Waals surface area contributed by atoms with Gasteiger partial charge in [-0.05, 0) is 31.5 Å². The third-order valence-corrected chi connectivity index (χ3v) is 2.14. The van der Waals surface area contributed by atoms with Gasteiger partial charge in [-0.2, -0.15) is 4.98 Å². The van der Waals surface area contributed by atoms with Crippen molar-refractivity contribution >= 4 is 0 Å². The van der Waals surface area contributed by atoms with Crippen LogP contribution in [-0.4, -0.2) is 14.8 Å². The number of H-pyrrole nitrogens is 1. The van der Waals surface area contributed by atoms with E-state index in [1.54, 1.807) is 26.0 Å². The predicted molar refractivity (Wildman–Crippen MR) is 53.6 cm³/mol. The SMILES string of the molecule is Cc1ccc(-n2[nH]c(=O)nc2C)c(F)c1. The second-order valence-electron chi connectivity index (χ2n) is 3.37. The molecule has 0 aliphatic rings. The van der Waals surface area contributed by atoms with Crippen LogP contribution in [0.2, 0.25) is 0 Å². The fourth-order valence-corrected chi connectivity index (χ4v) is 1.43. The van der Waals surface area contributed by atoms with E-state index >= 15 is 0 Å². The maximum atomic E-state index is 13.6. The molecule has 0 atom stereocenters. The standard InChI is InChI=1S/C10H10FN3O/c1-6-3-4-9(8(11)5-6)14-7(2)12-10(15)13-14/h3-5H,1-2H3,(H,13,15). The van der Waals surface area contributed by atoms with Gasteiger partial charge in [0.15, 0.2) is 0 Å². The summed E-state index contributed by atoms with van der Waals surface area (Å²) in [6.45, 7) is 3.44. The molecule has 2 aromatic rings. The molecule has 4 nitrogen and oxygen atoms in total. The Bertz CT molecular complexity index is 556. The second kappa shape index (κ2) is 3.34. The van der Waals surface area contributed by atoms with E-state index in [4.69, 9.17) is 0 Å². The zero-order valence-corrected chi connectivity index (χ0v) is 8.41. The zero-order chi connectivity index (χ0) is 11.0. The summed E-state index contributed by atoms with van der Waals surface area (Å²) in [4.78, 5) is 14.6. The third kappa shape index (κ3) is 1.68. The van der Waals surface area contributed by atoms with Gasteiger partial charge in [-0.3, -0.25) is 0 Å². The van der Waals surface area contributed by atoms with E-state index in [2.05, 4.69) is 10.1 Å². The molecule has 1 aromatic heterocycles. The van der Waals surface area contributed by atoms with Crippen LogP contribution in [0, 0.1) is 19.7 Å². The first-order chi connectivity index (χ1) is 7.08. The number of aromatic nitrogens is 3. The van der Waals surface area contributed by atoms with Crippen LogP contribution in [0.4, 0.5) is 4.39 Å². The summed E-state index contributed by atoms with van der Waals surface area (Å²) in [6, 6.07) is 4.79. The number of aryl methyl sites for hydroxylation is 2. The molecule has 1 heterocycles. The van der Waals surface area contributed by atoms with Crippen LogP contribution in [0.25, 0.3) is 5.69 Å². The molecule has 0 radical (unpaired) electrons. The molecule has 0 amide bonds. The first-order valence-electron chi connectivity index (χ1n) is 4.50. The Balaban J connectivity index is 2.64. The first-order valence-corrected chi connectivity index (χ1v) is 4.50. The van der Waals surface area contributed by atoms with Gasteiger partial charge in [0, 0.05) is 0 Å². The minimum absolute atomic E-state index is 0.299. The summed E-state index contributed by atoms with van der Waals surface area (Å²) in [7, 11) is 0.